The molecule has 2 heterocycles. The molecule has 3 N–H and O–H groups in total. The molecule has 106 valence electrons. The van der Waals surface area contributed by atoms with Crippen molar-refractivity contribution in [1.82, 2.24) is 20.3 Å². The van der Waals surface area contributed by atoms with Crippen LogP contribution < -0.4 is 11.2 Å². The van der Waals surface area contributed by atoms with Crippen LogP contribution >= 0.6 is 0 Å². The second kappa shape index (κ2) is 7.01. The van der Waals surface area contributed by atoms with Gasteiger partial charge >= 0.3 is 0 Å². The molecular weight excluding hydrogens is 254 g/mol. The number of pyridine rings is 1. The molecule has 1 aliphatic rings. The zero-order chi connectivity index (χ0) is 14.4. The van der Waals surface area contributed by atoms with Crippen LogP contribution in [-0.2, 0) is 0 Å². The minimum Gasteiger partial charge on any atom is -0.320 e. The zero-order valence-electron chi connectivity index (χ0n) is 11.6. The molecular formula is C14H19N5O. The van der Waals surface area contributed by atoms with E-state index < -0.39 is 0 Å². The van der Waals surface area contributed by atoms with Crippen molar-refractivity contribution in [3.05, 3.63) is 29.6 Å². The van der Waals surface area contributed by atoms with E-state index in [4.69, 9.17) is 5.73 Å². The lowest BCUT2D eigenvalue weighted by atomic mass is 10.2. The largest absolute Gasteiger partial charge is 0.320 e. The first-order valence-electron chi connectivity index (χ1n) is 6.59. The summed E-state index contributed by atoms with van der Waals surface area (Å²) in [5, 5.41) is 1.91. The van der Waals surface area contributed by atoms with Gasteiger partial charge in [-0.2, -0.15) is 0 Å². The van der Waals surface area contributed by atoms with Gasteiger partial charge in [-0.1, -0.05) is 11.8 Å². The van der Waals surface area contributed by atoms with Gasteiger partial charge in [-0.3, -0.25) is 10.2 Å². The number of likely N-dealkylation sites (N-methyl/N-ethyl adjacent to an activating group) is 1. The smallest absolute Gasteiger partial charge is 0.285 e. The molecule has 2 rings (SSSR count). The topological polar surface area (TPSA) is 74.5 Å². The van der Waals surface area contributed by atoms with Crippen molar-refractivity contribution in [1.29, 1.82) is 0 Å². The Morgan fingerprint density at radius 3 is 2.90 bits per heavy atom. The molecule has 0 radical (unpaired) electrons. The van der Waals surface area contributed by atoms with Crippen molar-refractivity contribution in [2.45, 2.75) is 0 Å². The van der Waals surface area contributed by atoms with Crippen LogP contribution in [0, 0.1) is 11.8 Å². The first kappa shape index (κ1) is 14.5. The molecule has 0 unspecified atom stereocenters. The summed E-state index contributed by atoms with van der Waals surface area (Å²) in [5.41, 5.74) is 9.18. The lowest BCUT2D eigenvalue weighted by molar-refractivity contribution is 0.0657. The number of amides is 1. The van der Waals surface area contributed by atoms with Crippen molar-refractivity contribution < 1.29 is 4.79 Å². The molecule has 1 saturated heterocycles. The maximum absolute atomic E-state index is 12.3. The second-order valence-corrected chi connectivity index (χ2v) is 4.64. The number of hydrogen-bond acceptors (Lipinski definition) is 5. The normalized spacial score (nSPS) is 16.3. The van der Waals surface area contributed by atoms with Gasteiger partial charge in [0.1, 0.15) is 5.69 Å². The first-order valence-corrected chi connectivity index (χ1v) is 6.59. The zero-order valence-corrected chi connectivity index (χ0v) is 11.6. The highest BCUT2D eigenvalue weighted by Crippen LogP contribution is 2.04. The van der Waals surface area contributed by atoms with Gasteiger partial charge in [0.15, 0.2) is 0 Å². The van der Waals surface area contributed by atoms with Crippen LogP contribution in [-0.4, -0.2) is 60.6 Å². The van der Waals surface area contributed by atoms with E-state index in [2.05, 4.69) is 34.2 Å². The predicted molar refractivity (Wildman–Crippen MR) is 76.7 cm³/mol. The standard InChI is InChI=1S/C14H19N5O/c1-18-8-10-19(11-9-18)17-14(20)13-12(4-2-6-15)5-3-7-16-13/h3,5,7H,6,8-11,15H2,1H3,(H,17,20). The molecule has 1 fully saturated rings. The summed E-state index contributed by atoms with van der Waals surface area (Å²) in [6.45, 7) is 3.73. The van der Waals surface area contributed by atoms with Gasteiger partial charge in [0.2, 0.25) is 0 Å². The quantitative estimate of drug-likeness (QED) is 0.696. The van der Waals surface area contributed by atoms with E-state index in [1.54, 1.807) is 18.3 Å². The number of nitrogens with two attached hydrogens (primary N) is 1. The van der Waals surface area contributed by atoms with E-state index in [9.17, 15) is 4.79 Å². The van der Waals surface area contributed by atoms with E-state index in [0.29, 0.717) is 11.3 Å². The minimum absolute atomic E-state index is 0.225. The van der Waals surface area contributed by atoms with E-state index >= 15 is 0 Å². The number of hydrogen-bond donors (Lipinski definition) is 2. The lowest BCUT2D eigenvalue weighted by Gasteiger charge is -2.32. The Morgan fingerprint density at radius 2 is 2.20 bits per heavy atom. The Kier molecular flexibility index (Phi) is 5.07. The predicted octanol–water partition coefficient (Wildman–Crippen LogP) is -0.716. The number of nitrogens with one attached hydrogen (secondary N) is 1. The number of aromatic nitrogens is 1. The average molecular weight is 273 g/mol. The molecule has 0 bridgehead atoms. The Balaban J connectivity index is 2.05. The molecule has 1 aromatic heterocycles. The third kappa shape index (κ3) is 3.78. The van der Waals surface area contributed by atoms with Crippen LogP contribution in [0.2, 0.25) is 0 Å². The molecule has 0 saturated carbocycles. The molecule has 20 heavy (non-hydrogen) atoms. The van der Waals surface area contributed by atoms with Gasteiger partial charge in [-0.25, -0.2) is 9.99 Å². The Labute approximate surface area is 118 Å². The second-order valence-electron chi connectivity index (χ2n) is 4.64. The summed E-state index contributed by atoms with van der Waals surface area (Å²) >= 11 is 0. The number of rotatable bonds is 2. The van der Waals surface area contributed by atoms with Gasteiger partial charge in [0, 0.05) is 32.4 Å². The number of nitrogens with zero attached hydrogens (tertiary/aromatic N) is 3. The van der Waals surface area contributed by atoms with Crippen molar-refractivity contribution in [2.24, 2.45) is 5.73 Å². The molecule has 6 nitrogen and oxygen atoms in total. The van der Waals surface area contributed by atoms with Crippen LogP contribution in [0.5, 0.6) is 0 Å². The average Bonchev–Trinajstić information content (AvgIpc) is 2.47. The molecule has 0 atom stereocenters. The van der Waals surface area contributed by atoms with Crippen molar-refractivity contribution in [3.63, 3.8) is 0 Å². The highest BCUT2D eigenvalue weighted by Gasteiger charge is 2.18. The summed E-state index contributed by atoms with van der Waals surface area (Å²) in [5.74, 6) is 5.39. The lowest BCUT2D eigenvalue weighted by Crippen LogP contribution is -2.52. The van der Waals surface area contributed by atoms with Crippen LogP contribution in [0.1, 0.15) is 16.1 Å². The number of carbonyl (C=O) groups excluding carboxylic acids is 1. The number of piperazine rings is 1. The number of hydrazine groups is 1. The Morgan fingerprint density at radius 1 is 1.45 bits per heavy atom. The Bertz CT molecular complexity index is 526. The molecule has 1 aromatic rings. The van der Waals surface area contributed by atoms with Crippen molar-refractivity contribution >= 4 is 5.91 Å². The first-order chi connectivity index (χ1) is 9.70. The molecule has 6 heteroatoms. The van der Waals surface area contributed by atoms with E-state index in [-0.39, 0.29) is 12.5 Å². The van der Waals surface area contributed by atoms with Crippen molar-refractivity contribution in [3.8, 4) is 11.8 Å². The van der Waals surface area contributed by atoms with Crippen LogP contribution in [0.25, 0.3) is 0 Å². The molecule has 0 aliphatic carbocycles. The molecule has 0 aromatic carbocycles. The van der Waals surface area contributed by atoms with Crippen LogP contribution in [0.15, 0.2) is 18.3 Å². The van der Waals surface area contributed by atoms with Gasteiger partial charge in [0.25, 0.3) is 5.91 Å². The summed E-state index contributed by atoms with van der Waals surface area (Å²) in [7, 11) is 2.07. The fourth-order valence-electron chi connectivity index (χ4n) is 1.95. The third-order valence-corrected chi connectivity index (χ3v) is 3.11. The highest BCUT2D eigenvalue weighted by atomic mass is 16.2. The third-order valence-electron chi connectivity index (χ3n) is 3.11. The summed E-state index contributed by atoms with van der Waals surface area (Å²) in [6, 6.07) is 3.53. The minimum atomic E-state index is -0.225. The van der Waals surface area contributed by atoms with E-state index in [1.165, 1.54) is 0 Å². The van der Waals surface area contributed by atoms with Crippen LogP contribution in [0.4, 0.5) is 0 Å². The van der Waals surface area contributed by atoms with Gasteiger partial charge in [-0.05, 0) is 19.2 Å². The maximum atomic E-state index is 12.3. The highest BCUT2D eigenvalue weighted by molar-refractivity contribution is 5.94. The van der Waals surface area contributed by atoms with E-state index in [0.717, 1.165) is 26.2 Å². The fraction of sp³-hybridized carbons (Fsp3) is 0.429. The monoisotopic (exact) mass is 273 g/mol. The fourth-order valence-corrected chi connectivity index (χ4v) is 1.95. The molecule has 1 amide bonds. The summed E-state index contributed by atoms with van der Waals surface area (Å²) < 4.78 is 0. The maximum Gasteiger partial charge on any atom is 0.285 e. The molecule has 0 spiro atoms. The van der Waals surface area contributed by atoms with Crippen LogP contribution in [0.3, 0.4) is 0 Å². The van der Waals surface area contributed by atoms with Crippen molar-refractivity contribution in [2.75, 3.05) is 39.8 Å². The van der Waals surface area contributed by atoms with E-state index in [1.807, 2.05) is 5.01 Å². The summed E-state index contributed by atoms with van der Waals surface area (Å²) in [4.78, 5) is 18.6. The summed E-state index contributed by atoms with van der Waals surface area (Å²) in [6.07, 6.45) is 1.59. The number of carbonyl (C=O) groups is 1. The van der Waals surface area contributed by atoms with Gasteiger partial charge in [0.05, 0.1) is 12.1 Å². The molecule has 1 aliphatic heterocycles. The SMILES string of the molecule is CN1CCN(NC(=O)c2ncccc2C#CCN)CC1. The van der Waals surface area contributed by atoms with Gasteiger partial charge in [-0.15, -0.1) is 0 Å². The van der Waals surface area contributed by atoms with Gasteiger partial charge < -0.3 is 10.6 Å². The Hall–Kier alpha value is -1.94.